The molecule has 0 aromatic heterocycles. The second-order valence-corrected chi connectivity index (χ2v) is 4.02. The summed E-state index contributed by atoms with van der Waals surface area (Å²) in [4.78, 5) is 10.7. The molecule has 4 heteroatoms. The number of nitrogens with two attached hydrogens (primary N) is 1. The van der Waals surface area contributed by atoms with E-state index >= 15 is 0 Å². The lowest BCUT2D eigenvalue weighted by Gasteiger charge is -2.14. The number of ether oxygens (including phenoxy) is 2. The SMILES string of the molecule is COc1ccc(C(C)CCC(N)=O)cc1OC. The van der Waals surface area contributed by atoms with Crippen LogP contribution < -0.4 is 15.2 Å². The van der Waals surface area contributed by atoms with E-state index in [2.05, 4.69) is 6.92 Å². The Hall–Kier alpha value is -1.71. The molecule has 1 unspecified atom stereocenters. The van der Waals surface area contributed by atoms with Crippen LogP contribution in [0.3, 0.4) is 0 Å². The molecule has 0 fully saturated rings. The quantitative estimate of drug-likeness (QED) is 0.823. The minimum absolute atomic E-state index is 0.266. The molecule has 1 aromatic rings. The summed E-state index contributed by atoms with van der Waals surface area (Å²) < 4.78 is 10.4. The van der Waals surface area contributed by atoms with Crippen LogP contribution in [-0.2, 0) is 4.79 Å². The van der Waals surface area contributed by atoms with Gasteiger partial charge in [0.25, 0.3) is 0 Å². The number of methoxy groups -OCH3 is 2. The van der Waals surface area contributed by atoms with Gasteiger partial charge in [0.05, 0.1) is 14.2 Å². The van der Waals surface area contributed by atoms with Gasteiger partial charge < -0.3 is 15.2 Å². The first kappa shape index (κ1) is 13.4. The number of hydrogen-bond acceptors (Lipinski definition) is 3. The van der Waals surface area contributed by atoms with Gasteiger partial charge in [-0.3, -0.25) is 4.79 Å². The molecular weight excluding hydrogens is 218 g/mol. The van der Waals surface area contributed by atoms with Crippen LogP contribution in [0.25, 0.3) is 0 Å². The normalized spacial score (nSPS) is 11.9. The number of amides is 1. The van der Waals surface area contributed by atoms with Gasteiger partial charge in [-0.1, -0.05) is 13.0 Å². The fraction of sp³-hybridized carbons (Fsp3) is 0.462. The monoisotopic (exact) mass is 237 g/mol. The second-order valence-electron chi connectivity index (χ2n) is 4.02. The van der Waals surface area contributed by atoms with E-state index in [1.54, 1.807) is 14.2 Å². The summed E-state index contributed by atoms with van der Waals surface area (Å²) in [6, 6.07) is 5.78. The molecule has 17 heavy (non-hydrogen) atoms. The van der Waals surface area contributed by atoms with E-state index in [0.717, 1.165) is 12.0 Å². The Kier molecular flexibility index (Phi) is 4.82. The van der Waals surface area contributed by atoms with E-state index in [1.165, 1.54) is 0 Å². The number of carbonyl (C=O) groups excluding carboxylic acids is 1. The predicted molar refractivity (Wildman–Crippen MR) is 66.4 cm³/mol. The minimum Gasteiger partial charge on any atom is -0.493 e. The van der Waals surface area contributed by atoms with Crippen LogP contribution in [0.4, 0.5) is 0 Å². The van der Waals surface area contributed by atoms with Crippen LogP contribution in [0.5, 0.6) is 11.5 Å². The summed E-state index contributed by atoms with van der Waals surface area (Å²) in [6.45, 7) is 2.06. The highest BCUT2D eigenvalue weighted by Crippen LogP contribution is 2.31. The summed E-state index contributed by atoms with van der Waals surface area (Å²) in [6.07, 6.45) is 1.14. The highest BCUT2D eigenvalue weighted by Gasteiger charge is 2.11. The summed E-state index contributed by atoms with van der Waals surface area (Å²) in [5.74, 6) is 1.41. The molecule has 0 saturated carbocycles. The standard InChI is InChI=1S/C13H19NO3/c1-9(4-7-13(14)15)10-5-6-11(16-2)12(8-10)17-3/h5-6,8-9H,4,7H2,1-3H3,(H2,14,15). The Bertz CT molecular complexity index is 390. The number of benzene rings is 1. The van der Waals surface area contributed by atoms with Crippen molar-refractivity contribution in [2.24, 2.45) is 5.73 Å². The van der Waals surface area contributed by atoms with E-state index in [4.69, 9.17) is 15.2 Å². The molecule has 0 heterocycles. The third-order valence-corrected chi connectivity index (χ3v) is 2.80. The largest absolute Gasteiger partial charge is 0.493 e. The van der Waals surface area contributed by atoms with Gasteiger partial charge in [0, 0.05) is 6.42 Å². The van der Waals surface area contributed by atoms with Crippen molar-refractivity contribution >= 4 is 5.91 Å². The lowest BCUT2D eigenvalue weighted by Crippen LogP contribution is -2.11. The van der Waals surface area contributed by atoms with Gasteiger partial charge in [-0.25, -0.2) is 0 Å². The van der Waals surface area contributed by atoms with Gasteiger partial charge in [0.15, 0.2) is 11.5 Å². The molecule has 0 saturated heterocycles. The first-order valence-corrected chi connectivity index (χ1v) is 5.58. The summed E-state index contributed by atoms with van der Waals surface area (Å²) >= 11 is 0. The van der Waals surface area contributed by atoms with Crippen molar-refractivity contribution in [3.8, 4) is 11.5 Å². The maximum atomic E-state index is 10.7. The molecule has 0 radical (unpaired) electrons. The molecule has 2 N–H and O–H groups in total. The highest BCUT2D eigenvalue weighted by atomic mass is 16.5. The van der Waals surface area contributed by atoms with Gasteiger partial charge in [0.2, 0.25) is 5.91 Å². The van der Waals surface area contributed by atoms with Gasteiger partial charge in [0.1, 0.15) is 0 Å². The second kappa shape index (κ2) is 6.13. The van der Waals surface area contributed by atoms with Crippen LogP contribution in [0.2, 0.25) is 0 Å². The van der Waals surface area contributed by atoms with Gasteiger partial charge in [-0.15, -0.1) is 0 Å². The molecule has 1 atom stereocenters. The van der Waals surface area contributed by atoms with Crippen molar-refractivity contribution in [3.05, 3.63) is 23.8 Å². The van der Waals surface area contributed by atoms with Crippen LogP contribution in [0.1, 0.15) is 31.2 Å². The molecule has 4 nitrogen and oxygen atoms in total. The molecule has 0 bridgehead atoms. The number of primary amides is 1. The molecule has 1 rings (SSSR count). The molecule has 94 valence electrons. The van der Waals surface area contributed by atoms with Crippen molar-refractivity contribution in [3.63, 3.8) is 0 Å². The van der Waals surface area contributed by atoms with Gasteiger partial charge in [-0.05, 0) is 30.0 Å². The van der Waals surface area contributed by atoms with E-state index in [0.29, 0.717) is 17.9 Å². The number of rotatable bonds is 6. The van der Waals surface area contributed by atoms with Crippen molar-refractivity contribution < 1.29 is 14.3 Å². The summed E-state index contributed by atoms with van der Waals surface area (Å²) in [5, 5.41) is 0. The van der Waals surface area contributed by atoms with Gasteiger partial charge >= 0.3 is 0 Å². The Balaban J connectivity index is 2.80. The first-order chi connectivity index (χ1) is 8.08. The number of carbonyl (C=O) groups is 1. The Morgan fingerprint density at radius 3 is 2.47 bits per heavy atom. The maximum absolute atomic E-state index is 10.7. The van der Waals surface area contributed by atoms with E-state index < -0.39 is 0 Å². The fourth-order valence-electron chi connectivity index (χ4n) is 1.68. The molecule has 0 aliphatic heterocycles. The first-order valence-electron chi connectivity index (χ1n) is 5.58. The van der Waals surface area contributed by atoms with E-state index in [1.807, 2.05) is 18.2 Å². The molecule has 0 aliphatic carbocycles. The fourth-order valence-corrected chi connectivity index (χ4v) is 1.68. The van der Waals surface area contributed by atoms with Crippen molar-refractivity contribution in [1.29, 1.82) is 0 Å². The lowest BCUT2D eigenvalue weighted by atomic mass is 9.96. The van der Waals surface area contributed by atoms with Crippen molar-refractivity contribution in [1.82, 2.24) is 0 Å². The van der Waals surface area contributed by atoms with Crippen LogP contribution in [0.15, 0.2) is 18.2 Å². The molecule has 1 amide bonds. The summed E-state index contributed by atoms with van der Waals surface area (Å²) in [7, 11) is 3.21. The average Bonchev–Trinajstić information content (AvgIpc) is 2.34. The van der Waals surface area contributed by atoms with Crippen molar-refractivity contribution in [2.45, 2.75) is 25.7 Å². The highest BCUT2D eigenvalue weighted by molar-refractivity contribution is 5.73. The minimum atomic E-state index is -0.266. The van der Waals surface area contributed by atoms with Crippen LogP contribution in [0, 0.1) is 0 Å². The Labute approximate surface area is 102 Å². The van der Waals surface area contributed by atoms with Crippen LogP contribution in [-0.4, -0.2) is 20.1 Å². The predicted octanol–water partition coefficient (Wildman–Crippen LogP) is 2.07. The zero-order valence-electron chi connectivity index (χ0n) is 10.5. The lowest BCUT2D eigenvalue weighted by molar-refractivity contribution is -0.118. The van der Waals surface area contributed by atoms with Crippen LogP contribution >= 0.6 is 0 Å². The number of hydrogen-bond donors (Lipinski definition) is 1. The molecule has 1 aromatic carbocycles. The topological polar surface area (TPSA) is 61.5 Å². The van der Waals surface area contributed by atoms with Crippen molar-refractivity contribution in [2.75, 3.05) is 14.2 Å². The van der Waals surface area contributed by atoms with E-state index in [9.17, 15) is 4.79 Å². The third kappa shape index (κ3) is 3.66. The molecule has 0 aliphatic rings. The third-order valence-electron chi connectivity index (χ3n) is 2.80. The average molecular weight is 237 g/mol. The molecular formula is C13H19NO3. The summed E-state index contributed by atoms with van der Waals surface area (Å²) in [5.41, 5.74) is 6.25. The Morgan fingerprint density at radius 2 is 1.94 bits per heavy atom. The zero-order valence-corrected chi connectivity index (χ0v) is 10.5. The zero-order chi connectivity index (χ0) is 12.8. The molecule has 0 spiro atoms. The smallest absolute Gasteiger partial charge is 0.217 e. The van der Waals surface area contributed by atoms with E-state index in [-0.39, 0.29) is 11.8 Å². The Morgan fingerprint density at radius 1 is 1.29 bits per heavy atom. The van der Waals surface area contributed by atoms with Gasteiger partial charge in [-0.2, -0.15) is 0 Å². The maximum Gasteiger partial charge on any atom is 0.217 e.